The molecule has 0 bridgehead atoms. The molecule has 3 aliphatic rings. The third-order valence-corrected chi connectivity index (χ3v) is 5.60. The Labute approximate surface area is 144 Å². The van der Waals surface area contributed by atoms with Gasteiger partial charge in [0.1, 0.15) is 0 Å². The number of rotatable bonds is 5. The number of hydrogen-bond acceptors (Lipinski definition) is 3. The van der Waals surface area contributed by atoms with Gasteiger partial charge < -0.3 is 20.3 Å². The Kier molecular flexibility index (Phi) is 6.35. The lowest BCUT2D eigenvalue weighted by Crippen LogP contribution is -2.51. The van der Waals surface area contributed by atoms with Gasteiger partial charge in [-0.25, -0.2) is 4.79 Å². The van der Waals surface area contributed by atoms with Gasteiger partial charge in [0, 0.05) is 25.6 Å². The van der Waals surface area contributed by atoms with E-state index in [0.29, 0.717) is 32.0 Å². The van der Waals surface area contributed by atoms with Crippen molar-refractivity contribution in [3.05, 3.63) is 0 Å². The van der Waals surface area contributed by atoms with Crippen LogP contribution in [-0.2, 0) is 9.53 Å². The number of morpholine rings is 1. The van der Waals surface area contributed by atoms with Crippen LogP contribution in [0.1, 0.15) is 64.2 Å². The fourth-order valence-electron chi connectivity index (χ4n) is 4.30. The number of carbonyl (C=O) groups excluding carboxylic acids is 2. The molecular formula is C18H31N3O3. The Bertz CT molecular complexity index is 437. The van der Waals surface area contributed by atoms with Crippen LogP contribution in [0, 0.1) is 0 Å². The first-order valence-electron chi connectivity index (χ1n) is 9.69. The van der Waals surface area contributed by atoms with Crippen LogP contribution >= 0.6 is 0 Å². The molecule has 1 aliphatic heterocycles. The Balaban J connectivity index is 1.31. The maximum absolute atomic E-state index is 12.4. The molecule has 2 aliphatic carbocycles. The quantitative estimate of drug-likeness (QED) is 0.756. The lowest BCUT2D eigenvalue weighted by molar-refractivity contribution is -0.144. The summed E-state index contributed by atoms with van der Waals surface area (Å²) in [5, 5.41) is 5.93. The van der Waals surface area contributed by atoms with E-state index in [0.717, 1.165) is 38.6 Å². The molecule has 0 radical (unpaired) electrons. The molecule has 6 nitrogen and oxygen atoms in total. The summed E-state index contributed by atoms with van der Waals surface area (Å²) in [4.78, 5) is 26.3. The molecule has 2 atom stereocenters. The van der Waals surface area contributed by atoms with E-state index in [1.807, 2.05) is 4.90 Å². The fourth-order valence-corrected chi connectivity index (χ4v) is 4.30. The average Bonchev–Trinajstić information content (AvgIpc) is 3.08. The molecule has 3 fully saturated rings. The second kappa shape index (κ2) is 8.70. The van der Waals surface area contributed by atoms with E-state index in [9.17, 15) is 9.59 Å². The highest BCUT2D eigenvalue weighted by Crippen LogP contribution is 2.30. The van der Waals surface area contributed by atoms with Gasteiger partial charge in [-0.2, -0.15) is 0 Å². The van der Waals surface area contributed by atoms with Crippen LogP contribution in [0.2, 0.25) is 0 Å². The molecule has 6 heteroatoms. The number of urea groups is 1. The number of nitrogens with zero attached hydrogens (tertiary/aromatic N) is 1. The van der Waals surface area contributed by atoms with Crippen molar-refractivity contribution >= 4 is 11.9 Å². The molecule has 1 saturated heterocycles. The summed E-state index contributed by atoms with van der Waals surface area (Å²) in [5.41, 5.74) is 0. The van der Waals surface area contributed by atoms with Crippen LogP contribution in [0.4, 0.5) is 4.79 Å². The molecule has 0 aromatic heterocycles. The number of hydrogen-bond donors (Lipinski definition) is 2. The Morgan fingerprint density at radius 2 is 1.88 bits per heavy atom. The molecule has 24 heavy (non-hydrogen) atoms. The van der Waals surface area contributed by atoms with E-state index in [4.69, 9.17) is 4.74 Å². The molecule has 2 N–H and O–H groups in total. The predicted octanol–water partition coefficient (Wildman–Crippen LogP) is 2.18. The van der Waals surface area contributed by atoms with Crippen LogP contribution in [0.5, 0.6) is 0 Å². The summed E-state index contributed by atoms with van der Waals surface area (Å²) >= 11 is 0. The summed E-state index contributed by atoms with van der Waals surface area (Å²) < 4.78 is 5.75. The van der Waals surface area contributed by atoms with E-state index >= 15 is 0 Å². The molecule has 0 aromatic carbocycles. The van der Waals surface area contributed by atoms with Crippen molar-refractivity contribution in [2.75, 3.05) is 19.7 Å². The zero-order valence-corrected chi connectivity index (χ0v) is 14.6. The van der Waals surface area contributed by atoms with Gasteiger partial charge in [-0.05, 0) is 38.5 Å². The zero-order valence-electron chi connectivity index (χ0n) is 14.6. The van der Waals surface area contributed by atoms with Gasteiger partial charge in [-0.1, -0.05) is 19.3 Å². The summed E-state index contributed by atoms with van der Waals surface area (Å²) in [7, 11) is 0. The van der Waals surface area contributed by atoms with Crippen LogP contribution < -0.4 is 10.6 Å². The largest absolute Gasteiger partial charge is 0.374 e. The van der Waals surface area contributed by atoms with Gasteiger partial charge >= 0.3 is 6.03 Å². The number of carbonyl (C=O) groups is 2. The molecule has 3 amide bonds. The topological polar surface area (TPSA) is 70.7 Å². The van der Waals surface area contributed by atoms with Gasteiger partial charge in [-0.3, -0.25) is 4.79 Å². The molecular weight excluding hydrogens is 306 g/mol. The van der Waals surface area contributed by atoms with Crippen molar-refractivity contribution in [1.29, 1.82) is 0 Å². The van der Waals surface area contributed by atoms with Crippen molar-refractivity contribution < 1.29 is 14.3 Å². The lowest BCUT2D eigenvalue weighted by Gasteiger charge is -2.37. The van der Waals surface area contributed by atoms with Crippen LogP contribution in [0.15, 0.2) is 0 Å². The molecule has 0 aromatic rings. The zero-order chi connectivity index (χ0) is 16.8. The average molecular weight is 337 g/mol. The maximum atomic E-state index is 12.4. The Morgan fingerprint density at radius 1 is 1.04 bits per heavy atom. The maximum Gasteiger partial charge on any atom is 0.315 e. The van der Waals surface area contributed by atoms with Crippen molar-refractivity contribution in [3.63, 3.8) is 0 Å². The minimum absolute atomic E-state index is 0.0865. The second-order valence-electron chi connectivity index (χ2n) is 7.33. The predicted molar refractivity (Wildman–Crippen MR) is 91.7 cm³/mol. The van der Waals surface area contributed by atoms with Gasteiger partial charge in [0.2, 0.25) is 5.91 Å². The van der Waals surface area contributed by atoms with E-state index in [-0.39, 0.29) is 24.1 Å². The van der Waals surface area contributed by atoms with Gasteiger partial charge in [0.25, 0.3) is 0 Å². The van der Waals surface area contributed by atoms with E-state index < -0.39 is 0 Å². The van der Waals surface area contributed by atoms with E-state index in [1.54, 1.807) is 0 Å². The SMILES string of the molecule is O=C(NCCCC(=O)N1CCO[C@H]2CCC[C@H]21)NC1CCCCC1. The number of fused-ring (bicyclic) bond motifs is 1. The molecule has 3 rings (SSSR count). The highest BCUT2D eigenvalue weighted by atomic mass is 16.5. The molecule has 0 spiro atoms. The standard InChI is InChI=1S/C18H31N3O3/c22-17(21-12-13-24-16-9-4-8-15(16)21)10-5-11-19-18(23)20-14-6-2-1-3-7-14/h14-16H,1-13H2,(H2,19,20,23)/t15-,16+/m1/s1. The summed E-state index contributed by atoms with van der Waals surface area (Å²) in [5.74, 6) is 0.213. The van der Waals surface area contributed by atoms with Crippen molar-refractivity contribution in [2.24, 2.45) is 0 Å². The van der Waals surface area contributed by atoms with Crippen molar-refractivity contribution in [2.45, 2.75) is 82.4 Å². The Morgan fingerprint density at radius 3 is 2.71 bits per heavy atom. The number of amides is 3. The molecule has 2 saturated carbocycles. The van der Waals surface area contributed by atoms with Crippen molar-refractivity contribution in [1.82, 2.24) is 15.5 Å². The third-order valence-electron chi connectivity index (χ3n) is 5.60. The first kappa shape index (κ1) is 17.5. The second-order valence-corrected chi connectivity index (χ2v) is 7.33. The van der Waals surface area contributed by atoms with Gasteiger partial charge in [0.15, 0.2) is 0 Å². The smallest absolute Gasteiger partial charge is 0.315 e. The minimum atomic E-state index is -0.0865. The van der Waals surface area contributed by atoms with Crippen LogP contribution in [0.3, 0.4) is 0 Å². The monoisotopic (exact) mass is 337 g/mol. The Hall–Kier alpha value is -1.30. The summed E-state index contributed by atoms with van der Waals surface area (Å²) in [6.07, 6.45) is 10.6. The lowest BCUT2D eigenvalue weighted by atomic mass is 9.96. The van der Waals surface area contributed by atoms with Crippen LogP contribution in [0.25, 0.3) is 0 Å². The highest BCUT2D eigenvalue weighted by Gasteiger charge is 2.37. The minimum Gasteiger partial charge on any atom is -0.374 e. The van der Waals surface area contributed by atoms with Gasteiger partial charge in [0.05, 0.1) is 18.8 Å². The number of ether oxygens (including phenoxy) is 1. The summed E-state index contributed by atoms with van der Waals surface area (Å²) in [6.45, 7) is 1.94. The van der Waals surface area contributed by atoms with Crippen molar-refractivity contribution in [3.8, 4) is 0 Å². The first-order chi connectivity index (χ1) is 11.7. The third kappa shape index (κ3) is 4.62. The van der Waals surface area contributed by atoms with Crippen LogP contribution in [-0.4, -0.2) is 54.7 Å². The number of nitrogens with one attached hydrogen (secondary N) is 2. The van der Waals surface area contributed by atoms with E-state index in [1.165, 1.54) is 19.3 Å². The van der Waals surface area contributed by atoms with E-state index in [2.05, 4.69) is 10.6 Å². The van der Waals surface area contributed by atoms with Gasteiger partial charge in [-0.15, -0.1) is 0 Å². The molecule has 0 unspecified atom stereocenters. The normalized spacial score (nSPS) is 27.6. The highest BCUT2D eigenvalue weighted by molar-refractivity contribution is 5.77. The molecule has 136 valence electrons. The first-order valence-corrected chi connectivity index (χ1v) is 9.69. The fraction of sp³-hybridized carbons (Fsp3) is 0.889. The molecule has 1 heterocycles. The summed E-state index contributed by atoms with van der Waals surface area (Å²) in [6, 6.07) is 0.526.